The smallest absolute Gasteiger partial charge is 0.0781 e. The summed E-state index contributed by atoms with van der Waals surface area (Å²) in [6, 6.07) is 22.6. The third-order valence-corrected chi connectivity index (χ3v) is 5.49. The molecule has 0 heterocycles. The van der Waals surface area contributed by atoms with Crippen molar-refractivity contribution in [1.29, 1.82) is 0 Å². The summed E-state index contributed by atoms with van der Waals surface area (Å²) in [5, 5.41) is 4.88. The first kappa shape index (κ1) is 18.3. The van der Waals surface area contributed by atoms with Crippen molar-refractivity contribution in [2.45, 2.75) is 19.5 Å². The zero-order valence-electron chi connectivity index (χ0n) is 13.8. The van der Waals surface area contributed by atoms with Crippen molar-refractivity contribution in [3.05, 3.63) is 92.9 Å². The van der Waals surface area contributed by atoms with Gasteiger partial charge in [0.2, 0.25) is 0 Å². The number of hydrogen-bond acceptors (Lipinski definition) is 1. The molecule has 0 saturated heterocycles. The molecule has 0 fully saturated rings. The van der Waals surface area contributed by atoms with Gasteiger partial charge in [-0.3, -0.25) is 0 Å². The zero-order chi connectivity index (χ0) is 17.8. The SMILES string of the molecule is CC(NCc1cccc(-c2ccccc2)c1)c1ccc(Cl)c(Cl)c1Cl. The summed E-state index contributed by atoms with van der Waals surface area (Å²) in [6.45, 7) is 2.80. The van der Waals surface area contributed by atoms with E-state index in [4.69, 9.17) is 34.8 Å². The van der Waals surface area contributed by atoms with Gasteiger partial charge in [-0.2, -0.15) is 0 Å². The third-order valence-electron chi connectivity index (χ3n) is 4.18. The fourth-order valence-corrected chi connectivity index (χ4v) is 3.45. The van der Waals surface area contributed by atoms with E-state index < -0.39 is 0 Å². The van der Waals surface area contributed by atoms with Crippen LogP contribution in [0, 0.1) is 0 Å². The van der Waals surface area contributed by atoms with Crippen molar-refractivity contribution < 1.29 is 0 Å². The first-order valence-corrected chi connectivity index (χ1v) is 9.21. The summed E-state index contributed by atoms with van der Waals surface area (Å²) in [4.78, 5) is 0. The van der Waals surface area contributed by atoms with Gasteiger partial charge in [0.25, 0.3) is 0 Å². The second-order valence-corrected chi connectivity index (χ2v) is 7.10. The largest absolute Gasteiger partial charge is 0.306 e. The maximum atomic E-state index is 6.32. The Balaban J connectivity index is 1.73. The number of halogens is 3. The number of benzene rings is 3. The highest BCUT2D eigenvalue weighted by Crippen LogP contribution is 2.35. The lowest BCUT2D eigenvalue weighted by Gasteiger charge is -2.17. The normalized spacial score (nSPS) is 12.2. The second-order valence-electron chi connectivity index (χ2n) is 5.93. The first-order valence-electron chi connectivity index (χ1n) is 8.07. The van der Waals surface area contributed by atoms with E-state index in [9.17, 15) is 0 Å². The summed E-state index contributed by atoms with van der Waals surface area (Å²) in [7, 11) is 0. The molecule has 0 amide bonds. The quantitative estimate of drug-likeness (QED) is 0.455. The molecule has 0 saturated carbocycles. The molecule has 1 unspecified atom stereocenters. The number of rotatable bonds is 5. The summed E-state index contributed by atoms with van der Waals surface area (Å²) in [5.41, 5.74) is 4.57. The fourth-order valence-electron chi connectivity index (χ4n) is 2.75. The van der Waals surface area contributed by atoms with E-state index in [1.165, 1.54) is 16.7 Å². The molecule has 3 rings (SSSR count). The molecular weight excluding hydrogens is 373 g/mol. The molecule has 4 heteroatoms. The van der Waals surface area contributed by atoms with Crippen molar-refractivity contribution >= 4 is 34.8 Å². The molecule has 1 nitrogen and oxygen atoms in total. The van der Waals surface area contributed by atoms with Crippen LogP contribution in [-0.4, -0.2) is 0 Å². The van der Waals surface area contributed by atoms with Crippen LogP contribution in [0.15, 0.2) is 66.7 Å². The third kappa shape index (κ3) is 4.37. The lowest BCUT2D eigenvalue weighted by Crippen LogP contribution is -2.18. The molecule has 0 radical (unpaired) electrons. The summed E-state index contributed by atoms with van der Waals surface area (Å²) < 4.78 is 0. The zero-order valence-corrected chi connectivity index (χ0v) is 16.0. The average molecular weight is 391 g/mol. The maximum absolute atomic E-state index is 6.32. The van der Waals surface area contributed by atoms with Gasteiger partial charge in [-0.15, -0.1) is 0 Å². The second kappa shape index (κ2) is 8.25. The van der Waals surface area contributed by atoms with Crippen LogP contribution >= 0.6 is 34.8 Å². The van der Waals surface area contributed by atoms with Gasteiger partial charge in [-0.1, -0.05) is 89.4 Å². The lowest BCUT2D eigenvalue weighted by molar-refractivity contribution is 0.575. The van der Waals surface area contributed by atoms with Crippen LogP contribution in [0.4, 0.5) is 0 Å². The molecule has 3 aromatic rings. The summed E-state index contributed by atoms with van der Waals surface area (Å²) in [5.74, 6) is 0. The Hall–Kier alpha value is -1.51. The fraction of sp³-hybridized carbons (Fsp3) is 0.143. The minimum absolute atomic E-state index is 0.0580. The van der Waals surface area contributed by atoms with Crippen LogP contribution in [0.25, 0.3) is 11.1 Å². The van der Waals surface area contributed by atoms with Crippen molar-refractivity contribution in [3.8, 4) is 11.1 Å². The molecule has 25 heavy (non-hydrogen) atoms. The van der Waals surface area contributed by atoms with Gasteiger partial charge in [0.1, 0.15) is 0 Å². The molecule has 3 aromatic carbocycles. The molecule has 0 bridgehead atoms. The van der Waals surface area contributed by atoms with Crippen molar-refractivity contribution in [1.82, 2.24) is 5.32 Å². The minimum Gasteiger partial charge on any atom is -0.306 e. The highest BCUT2D eigenvalue weighted by molar-refractivity contribution is 6.48. The van der Waals surface area contributed by atoms with Crippen LogP contribution in [0.3, 0.4) is 0 Å². The molecule has 128 valence electrons. The topological polar surface area (TPSA) is 12.0 Å². The Bertz CT molecular complexity index is 862. The molecule has 0 spiro atoms. The Morgan fingerprint density at radius 2 is 1.52 bits per heavy atom. The highest BCUT2D eigenvalue weighted by atomic mass is 35.5. The minimum atomic E-state index is 0.0580. The average Bonchev–Trinajstić information content (AvgIpc) is 2.65. The molecule has 1 atom stereocenters. The Morgan fingerprint density at radius 3 is 2.28 bits per heavy atom. The molecule has 0 aliphatic heterocycles. The van der Waals surface area contributed by atoms with Crippen LogP contribution in [0.5, 0.6) is 0 Å². The van der Waals surface area contributed by atoms with Crippen LogP contribution in [0.2, 0.25) is 15.1 Å². The van der Waals surface area contributed by atoms with E-state index in [0.29, 0.717) is 15.1 Å². The molecular formula is C21H18Cl3N. The van der Waals surface area contributed by atoms with Gasteiger partial charge < -0.3 is 5.32 Å². The van der Waals surface area contributed by atoms with Crippen molar-refractivity contribution in [3.63, 3.8) is 0 Å². The predicted molar refractivity (Wildman–Crippen MR) is 109 cm³/mol. The molecule has 0 aromatic heterocycles. The van der Waals surface area contributed by atoms with Crippen LogP contribution in [0.1, 0.15) is 24.1 Å². The van der Waals surface area contributed by atoms with Gasteiger partial charge in [0.15, 0.2) is 0 Å². The van der Waals surface area contributed by atoms with Gasteiger partial charge in [-0.25, -0.2) is 0 Å². The van der Waals surface area contributed by atoms with Gasteiger partial charge >= 0.3 is 0 Å². The highest BCUT2D eigenvalue weighted by Gasteiger charge is 2.14. The predicted octanol–water partition coefficient (Wildman–Crippen LogP) is 7.16. The van der Waals surface area contributed by atoms with E-state index in [0.717, 1.165) is 12.1 Å². The van der Waals surface area contributed by atoms with Crippen molar-refractivity contribution in [2.75, 3.05) is 0 Å². The van der Waals surface area contributed by atoms with Crippen LogP contribution in [-0.2, 0) is 6.54 Å². The van der Waals surface area contributed by atoms with E-state index in [1.54, 1.807) is 6.07 Å². The summed E-state index contributed by atoms with van der Waals surface area (Å²) >= 11 is 18.5. The number of hydrogen-bond donors (Lipinski definition) is 1. The van der Waals surface area contributed by atoms with E-state index in [2.05, 4.69) is 60.8 Å². The summed E-state index contributed by atoms with van der Waals surface area (Å²) in [6.07, 6.45) is 0. The van der Waals surface area contributed by atoms with Crippen molar-refractivity contribution in [2.24, 2.45) is 0 Å². The van der Waals surface area contributed by atoms with E-state index >= 15 is 0 Å². The molecule has 1 N–H and O–H groups in total. The standard InChI is InChI=1S/C21H18Cl3N/c1-14(18-10-11-19(22)21(24)20(18)23)25-13-15-6-5-9-17(12-15)16-7-3-2-4-8-16/h2-12,14,25H,13H2,1H3. The maximum Gasteiger partial charge on any atom is 0.0781 e. The van der Waals surface area contributed by atoms with Crippen LogP contribution < -0.4 is 5.32 Å². The lowest BCUT2D eigenvalue weighted by atomic mass is 10.0. The van der Waals surface area contributed by atoms with Gasteiger partial charge in [0.05, 0.1) is 15.1 Å². The number of nitrogens with one attached hydrogen (secondary N) is 1. The van der Waals surface area contributed by atoms with E-state index in [-0.39, 0.29) is 6.04 Å². The molecule has 0 aliphatic rings. The van der Waals surface area contributed by atoms with E-state index in [1.807, 2.05) is 12.1 Å². The Kier molecular flexibility index (Phi) is 6.03. The first-order chi connectivity index (χ1) is 12.1. The molecule has 0 aliphatic carbocycles. The Morgan fingerprint density at radius 1 is 0.800 bits per heavy atom. The van der Waals surface area contributed by atoms with Gasteiger partial charge in [0, 0.05) is 12.6 Å². The van der Waals surface area contributed by atoms with Gasteiger partial charge in [-0.05, 0) is 41.3 Å². The Labute approximate surface area is 163 Å². The monoisotopic (exact) mass is 389 g/mol.